The van der Waals surface area contributed by atoms with Crippen LogP contribution in [-0.2, 0) is 0 Å². The third kappa shape index (κ3) is 4.50. The molecule has 0 bridgehead atoms. The van der Waals surface area contributed by atoms with E-state index in [9.17, 15) is 0 Å². The molecule has 1 aromatic rings. The van der Waals surface area contributed by atoms with Crippen molar-refractivity contribution in [1.82, 2.24) is 4.90 Å². The summed E-state index contributed by atoms with van der Waals surface area (Å²) in [5, 5.41) is 0. The Kier molecular flexibility index (Phi) is 5.59. The van der Waals surface area contributed by atoms with Gasteiger partial charge >= 0.3 is 0 Å². The number of nitrogens with two attached hydrogens (primary N) is 1. The number of rotatable bonds is 6. The molecule has 0 heterocycles. The first-order valence-corrected chi connectivity index (χ1v) is 6.18. The standard InChI is InChI=1S/C15H22N2/c1-4-11-17(5-2)12-10-13(3)14-6-8-15(16)9-7-14/h1,6-9,13H,5,10-12,16H2,2-3H3. The van der Waals surface area contributed by atoms with Crippen LogP contribution >= 0.6 is 0 Å². The van der Waals surface area contributed by atoms with Gasteiger partial charge in [0.25, 0.3) is 0 Å². The van der Waals surface area contributed by atoms with E-state index in [1.165, 1.54) is 5.56 Å². The van der Waals surface area contributed by atoms with Crippen molar-refractivity contribution in [2.75, 3.05) is 25.4 Å². The SMILES string of the molecule is C#CCN(CC)CCC(C)c1ccc(N)cc1. The van der Waals surface area contributed by atoms with E-state index in [4.69, 9.17) is 12.2 Å². The Bertz CT molecular complexity index is 362. The van der Waals surface area contributed by atoms with Crippen LogP contribution in [0.1, 0.15) is 31.7 Å². The van der Waals surface area contributed by atoms with Crippen molar-refractivity contribution in [1.29, 1.82) is 0 Å². The van der Waals surface area contributed by atoms with E-state index in [1.54, 1.807) is 0 Å². The second kappa shape index (κ2) is 6.98. The van der Waals surface area contributed by atoms with Crippen molar-refractivity contribution in [3.63, 3.8) is 0 Å². The number of benzene rings is 1. The predicted octanol–water partition coefficient (Wildman–Crippen LogP) is 2.72. The fraction of sp³-hybridized carbons (Fsp3) is 0.467. The van der Waals surface area contributed by atoms with Gasteiger partial charge in [-0.15, -0.1) is 6.42 Å². The van der Waals surface area contributed by atoms with Crippen LogP contribution in [0.25, 0.3) is 0 Å². The molecule has 2 nitrogen and oxygen atoms in total. The number of anilines is 1. The van der Waals surface area contributed by atoms with E-state index in [-0.39, 0.29) is 0 Å². The molecule has 1 rings (SSSR count). The molecule has 2 heteroatoms. The maximum Gasteiger partial charge on any atom is 0.0598 e. The first-order valence-electron chi connectivity index (χ1n) is 6.18. The molecule has 0 aliphatic rings. The number of hydrogen-bond acceptors (Lipinski definition) is 2. The van der Waals surface area contributed by atoms with Gasteiger partial charge in [-0.25, -0.2) is 0 Å². The second-order valence-corrected chi connectivity index (χ2v) is 4.43. The minimum Gasteiger partial charge on any atom is -0.399 e. The summed E-state index contributed by atoms with van der Waals surface area (Å²) < 4.78 is 0. The van der Waals surface area contributed by atoms with Crippen LogP contribution in [0.15, 0.2) is 24.3 Å². The van der Waals surface area contributed by atoms with Gasteiger partial charge in [0, 0.05) is 5.69 Å². The third-order valence-corrected chi connectivity index (χ3v) is 3.15. The summed E-state index contributed by atoms with van der Waals surface area (Å²) in [6.07, 6.45) is 6.46. The fourth-order valence-electron chi connectivity index (χ4n) is 1.85. The van der Waals surface area contributed by atoms with Gasteiger partial charge in [-0.1, -0.05) is 31.9 Å². The Hall–Kier alpha value is -1.46. The molecule has 0 amide bonds. The van der Waals surface area contributed by atoms with Gasteiger partial charge < -0.3 is 5.73 Å². The molecule has 1 unspecified atom stereocenters. The van der Waals surface area contributed by atoms with Gasteiger partial charge in [-0.2, -0.15) is 0 Å². The molecule has 0 radical (unpaired) electrons. The summed E-state index contributed by atoms with van der Waals surface area (Å²) in [4.78, 5) is 2.29. The molecule has 0 aliphatic carbocycles. The molecule has 1 aromatic carbocycles. The maximum atomic E-state index is 5.68. The fourth-order valence-corrected chi connectivity index (χ4v) is 1.85. The lowest BCUT2D eigenvalue weighted by molar-refractivity contribution is 0.311. The number of terminal acetylenes is 1. The summed E-state index contributed by atoms with van der Waals surface area (Å²) in [7, 11) is 0. The number of nitrogen functional groups attached to an aromatic ring is 1. The maximum absolute atomic E-state index is 5.68. The van der Waals surface area contributed by atoms with E-state index in [0.29, 0.717) is 5.92 Å². The quantitative estimate of drug-likeness (QED) is 0.601. The van der Waals surface area contributed by atoms with Gasteiger partial charge in [0.1, 0.15) is 0 Å². The molecule has 0 saturated heterocycles. The molecule has 2 N–H and O–H groups in total. The van der Waals surface area contributed by atoms with Gasteiger partial charge in [0.2, 0.25) is 0 Å². The van der Waals surface area contributed by atoms with E-state index in [2.05, 4.69) is 36.8 Å². The molecular weight excluding hydrogens is 208 g/mol. The van der Waals surface area contributed by atoms with E-state index in [0.717, 1.165) is 31.7 Å². The highest BCUT2D eigenvalue weighted by Gasteiger charge is 2.07. The van der Waals surface area contributed by atoms with Gasteiger partial charge in [0.15, 0.2) is 0 Å². The zero-order valence-electron chi connectivity index (χ0n) is 10.8. The normalized spacial score (nSPS) is 12.4. The Morgan fingerprint density at radius 3 is 2.53 bits per heavy atom. The minimum absolute atomic E-state index is 0.544. The van der Waals surface area contributed by atoms with Crippen LogP contribution < -0.4 is 5.73 Å². The topological polar surface area (TPSA) is 29.3 Å². The van der Waals surface area contributed by atoms with Crippen LogP contribution in [0.4, 0.5) is 5.69 Å². The molecule has 0 fully saturated rings. The Morgan fingerprint density at radius 2 is 2.00 bits per heavy atom. The zero-order valence-corrected chi connectivity index (χ0v) is 10.8. The molecule has 1 atom stereocenters. The van der Waals surface area contributed by atoms with Crippen molar-refractivity contribution in [2.45, 2.75) is 26.2 Å². The summed E-state index contributed by atoms with van der Waals surface area (Å²) in [5.74, 6) is 3.24. The summed E-state index contributed by atoms with van der Waals surface area (Å²) in [6, 6.07) is 8.14. The van der Waals surface area contributed by atoms with Crippen molar-refractivity contribution < 1.29 is 0 Å². The average Bonchev–Trinajstić information content (AvgIpc) is 2.35. The van der Waals surface area contributed by atoms with Crippen LogP contribution in [0.5, 0.6) is 0 Å². The first kappa shape index (κ1) is 13.6. The van der Waals surface area contributed by atoms with Crippen LogP contribution in [0, 0.1) is 12.3 Å². The molecule has 92 valence electrons. The summed E-state index contributed by atoms with van der Waals surface area (Å²) in [5.41, 5.74) is 7.85. The minimum atomic E-state index is 0.544. The second-order valence-electron chi connectivity index (χ2n) is 4.43. The van der Waals surface area contributed by atoms with Crippen LogP contribution in [0.2, 0.25) is 0 Å². The highest BCUT2D eigenvalue weighted by atomic mass is 15.1. The van der Waals surface area contributed by atoms with E-state index in [1.807, 2.05) is 12.1 Å². The molecule has 0 spiro atoms. The zero-order chi connectivity index (χ0) is 12.7. The van der Waals surface area contributed by atoms with Crippen molar-refractivity contribution in [2.24, 2.45) is 0 Å². The van der Waals surface area contributed by atoms with Crippen LogP contribution in [0.3, 0.4) is 0 Å². The average molecular weight is 230 g/mol. The third-order valence-electron chi connectivity index (χ3n) is 3.15. The molecule has 0 aromatic heterocycles. The lowest BCUT2D eigenvalue weighted by Gasteiger charge is -2.20. The lowest BCUT2D eigenvalue weighted by atomic mass is 9.97. The Labute approximate surface area is 105 Å². The monoisotopic (exact) mass is 230 g/mol. The molecule has 0 aliphatic heterocycles. The highest BCUT2D eigenvalue weighted by molar-refractivity contribution is 5.40. The molecule has 0 saturated carbocycles. The Balaban J connectivity index is 2.46. The largest absolute Gasteiger partial charge is 0.399 e. The first-order chi connectivity index (χ1) is 8.17. The van der Waals surface area contributed by atoms with Gasteiger partial charge in [-0.3, -0.25) is 4.90 Å². The lowest BCUT2D eigenvalue weighted by Crippen LogP contribution is -2.25. The Morgan fingerprint density at radius 1 is 1.35 bits per heavy atom. The van der Waals surface area contributed by atoms with E-state index < -0.39 is 0 Å². The molecule has 17 heavy (non-hydrogen) atoms. The van der Waals surface area contributed by atoms with Crippen LogP contribution in [-0.4, -0.2) is 24.5 Å². The molecular formula is C15H22N2. The number of nitrogens with zero attached hydrogens (tertiary/aromatic N) is 1. The number of hydrogen-bond donors (Lipinski definition) is 1. The van der Waals surface area contributed by atoms with Crippen molar-refractivity contribution in [3.8, 4) is 12.3 Å². The summed E-state index contributed by atoms with van der Waals surface area (Å²) in [6.45, 7) is 7.19. The van der Waals surface area contributed by atoms with Crippen molar-refractivity contribution in [3.05, 3.63) is 29.8 Å². The van der Waals surface area contributed by atoms with Gasteiger partial charge in [0.05, 0.1) is 6.54 Å². The summed E-state index contributed by atoms with van der Waals surface area (Å²) >= 11 is 0. The smallest absolute Gasteiger partial charge is 0.0598 e. The van der Waals surface area contributed by atoms with Crippen molar-refractivity contribution >= 4 is 5.69 Å². The van der Waals surface area contributed by atoms with E-state index >= 15 is 0 Å². The van der Waals surface area contributed by atoms with Gasteiger partial charge in [-0.05, 0) is 43.1 Å². The predicted molar refractivity (Wildman–Crippen MR) is 74.8 cm³/mol. The highest BCUT2D eigenvalue weighted by Crippen LogP contribution is 2.20.